The van der Waals surface area contributed by atoms with Gasteiger partial charge < -0.3 is 16.0 Å². The lowest BCUT2D eigenvalue weighted by Gasteiger charge is -2.51. The van der Waals surface area contributed by atoms with Crippen LogP contribution in [0.2, 0.25) is 0 Å². The Balaban J connectivity index is 0.00000133. The van der Waals surface area contributed by atoms with Gasteiger partial charge in [0.2, 0.25) is 5.91 Å². The standard InChI is InChI=1S/C12H13N3O3.ClH/c13-11(18)7-1-2-8-4-14-6-12(15(8)5-7)9(16)3-10(12)17;/h2,5,14H,1,3-4,6H2,(H2,13,18);1H. The number of rotatable bonds is 1. The molecule has 7 heteroatoms. The monoisotopic (exact) mass is 283 g/mol. The third-order valence-corrected chi connectivity index (χ3v) is 3.81. The van der Waals surface area contributed by atoms with Crippen molar-refractivity contribution >= 4 is 29.9 Å². The molecule has 0 unspecified atom stereocenters. The predicted octanol–water partition coefficient (Wildman–Crippen LogP) is -0.749. The van der Waals surface area contributed by atoms with E-state index in [4.69, 9.17) is 5.73 Å². The first-order valence-corrected chi connectivity index (χ1v) is 5.82. The second kappa shape index (κ2) is 4.47. The second-order valence-corrected chi connectivity index (χ2v) is 4.78. The number of carbonyl (C=O) groups is 3. The van der Waals surface area contributed by atoms with E-state index >= 15 is 0 Å². The molecule has 2 aliphatic heterocycles. The van der Waals surface area contributed by atoms with E-state index in [0.717, 1.165) is 5.70 Å². The number of nitrogens with two attached hydrogens (primary N) is 1. The molecule has 1 saturated carbocycles. The molecule has 0 bridgehead atoms. The summed E-state index contributed by atoms with van der Waals surface area (Å²) in [5.74, 6) is -0.724. The van der Waals surface area contributed by atoms with Gasteiger partial charge >= 0.3 is 0 Å². The third kappa shape index (κ3) is 1.71. The van der Waals surface area contributed by atoms with Crippen molar-refractivity contribution in [2.24, 2.45) is 5.73 Å². The van der Waals surface area contributed by atoms with Crippen molar-refractivity contribution in [2.45, 2.75) is 18.4 Å². The van der Waals surface area contributed by atoms with Crippen molar-refractivity contribution in [3.8, 4) is 0 Å². The lowest BCUT2D eigenvalue weighted by molar-refractivity contribution is -0.153. The highest BCUT2D eigenvalue weighted by Crippen LogP contribution is 2.38. The molecule has 1 saturated heterocycles. The van der Waals surface area contributed by atoms with Crippen LogP contribution in [-0.2, 0) is 14.4 Å². The predicted molar refractivity (Wildman–Crippen MR) is 69.3 cm³/mol. The number of allylic oxidation sites excluding steroid dienone is 1. The van der Waals surface area contributed by atoms with Crippen LogP contribution in [0, 0.1) is 0 Å². The minimum atomic E-state index is -1.13. The van der Waals surface area contributed by atoms with E-state index in [1.165, 1.54) is 0 Å². The van der Waals surface area contributed by atoms with Crippen molar-refractivity contribution in [3.05, 3.63) is 23.5 Å². The van der Waals surface area contributed by atoms with E-state index in [1.807, 2.05) is 6.08 Å². The summed E-state index contributed by atoms with van der Waals surface area (Å²) in [5, 5.41) is 3.08. The van der Waals surface area contributed by atoms with Crippen LogP contribution >= 0.6 is 12.4 Å². The molecule has 1 spiro atoms. The Morgan fingerprint density at radius 3 is 2.63 bits per heavy atom. The SMILES string of the molecule is Cl.NC(=O)C1=CN2C(=CC1)CNCC21C(=O)CC1=O. The largest absolute Gasteiger partial charge is 0.366 e. The molecule has 0 atom stereocenters. The molecule has 1 amide bonds. The van der Waals surface area contributed by atoms with Gasteiger partial charge in [-0.2, -0.15) is 0 Å². The number of amides is 1. The summed E-state index contributed by atoms with van der Waals surface area (Å²) in [5.41, 5.74) is 5.40. The number of hydrogen-bond donors (Lipinski definition) is 2. The van der Waals surface area contributed by atoms with E-state index in [2.05, 4.69) is 5.32 Å². The van der Waals surface area contributed by atoms with Crippen LogP contribution in [-0.4, -0.2) is 41.0 Å². The number of Topliss-reactive ketones (excluding diaryl/α,β-unsaturated/α-hetero) is 2. The smallest absolute Gasteiger partial charge is 0.246 e. The molecule has 1 aliphatic carbocycles. The highest BCUT2D eigenvalue weighted by Gasteiger charge is 2.60. The van der Waals surface area contributed by atoms with E-state index < -0.39 is 11.4 Å². The Morgan fingerprint density at radius 2 is 2.05 bits per heavy atom. The zero-order chi connectivity index (χ0) is 12.9. The van der Waals surface area contributed by atoms with Gasteiger partial charge in [0.1, 0.15) is 0 Å². The molecule has 3 aliphatic rings. The number of ketones is 2. The van der Waals surface area contributed by atoms with E-state index in [1.54, 1.807) is 11.1 Å². The van der Waals surface area contributed by atoms with Gasteiger partial charge in [0.25, 0.3) is 0 Å². The number of fused-ring (bicyclic) bond motifs is 2. The minimum absolute atomic E-state index is 0. The van der Waals surface area contributed by atoms with Gasteiger partial charge in [0.15, 0.2) is 17.1 Å². The minimum Gasteiger partial charge on any atom is -0.366 e. The maximum absolute atomic E-state index is 11.9. The van der Waals surface area contributed by atoms with Crippen LogP contribution in [0.1, 0.15) is 12.8 Å². The van der Waals surface area contributed by atoms with Gasteiger partial charge in [0.05, 0.1) is 6.42 Å². The highest BCUT2D eigenvalue weighted by atomic mass is 35.5. The fourth-order valence-corrected chi connectivity index (χ4v) is 2.70. The average Bonchev–Trinajstić information content (AvgIpc) is 2.37. The molecule has 3 N–H and O–H groups in total. The van der Waals surface area contributed by atoms with E-state index in [-0.39, 0.29) is 30.4 Å². The highest BCUT2D eigenvalue weighted by molar-refractivity contribution is 6.29. The van der Waals surface area contributed by atoms with Gasteiger partial charge in [-0.15, -0.1) is 12.4 Å². The summed E-state index contributed by atoms with van der Waals surface area (Å²) in [7, 11) is 0. The van der Waals surface area contributed by atoms with Gasteiger partial charge in [-0.25, -0.2) is 0 Å². The Bertz CT molecular complexity index is 524. The lowest BCUT2D eigenvalue weighted by atomic mass is 9.70. The van der Waals surface area contributed by atoms with Crippen molar-refractivity contribution in [2.75, 3.05) is 13.1 Å². The second-order valence-electron chi connectivity index (χ2n) is 4.78. The van der Waals surface area contributed by atoms with Crippen molar-refractivity contribution in [3.63, 3.8) is 0 Å². The number of primary amides is 1. The van der Waals surface area contributed by atoms with Crippen LogP contribution in [0.3, 0.4) is 0 Å². The van der Waals surface area contributed by atoms with Crippen LogP contribution in [0.5, 0.6) is 0 Å². The number of piperazine rings is 1. The van der Waals surface area contributed by atoms with Crippen LogP contribution in [0.4, 0.5) is 0 Å². The number of hydrogen-bond acceptors (Lipinski definition) is 5. The van der Waals surface area contributed by atoms with Crippen LogP contribution < -0.4 is 11.1 Å². The molecule has 0 radical (unpaired) electrons. The molecule has 0 aromatic carbocycles. The summed E-state index contributed by atoms with van der Waals surface area (Å²) in [6.45, 7) is 0.884. The molecule has 3 rings (SSSR count). The first-order chi connectivity index (χ1) is 8.55. The maximum atomic E-state index is 11.9. The first kappa shape index (κ1) is 13.8. The zero-order valence-corrected chi connectivity index (χ0v) is 11.0. The Kier molecular flexibility index (Phi) is 3.24. The van der Waals surface area contributed by atoms with Gasteiger partial charge in [-0.1, -0.05) is 6.08 Å². The summed E-state index contributed by atoms with van der Waals surface area (Å²) >= 11 is 0. The van der Waals surface area contributed by atoms with Gasteiger partial charge in [0, 0.05) is 30.6 Å². The lowest BCUT2D eigenvalue weighted by Crippen LogP contribution is -2.73. The summed E-state index contributed by atoms with van der Waals surface area (Å²) in [6, 6.07) is 0. The molecular weight excluding hydrogens is 270 g/mol. The van der Waals surface area contributed by atoms with Crippen molar-refractivity contribution < 1.29 is 14.4 Å². The molecule has 0 aromatic heterocycles. The quantitative estimate of drug-likeness (QED) is 0.618. The maximum Gasteiger partial charge on any atom is 0.246 e. The first-order valence-electron chi connectivity index (χ1n) is 5.82. The van der Waals surface area contributed by atoms with E-state index in [9.17, 15) is 14.4 Å². The van der Waals surface area contributed by atoms with Crippen LogP contribution in [0.25, 0.3) is 0 Å². The summed E-state index contributed by atoms with van der Waals surface area (Å²) in [6.07, 6.45) is 3.83. The van der Waals surface area contributed by atoms with Crippen molar-refractivity contribution in [1.82, 2.24) is 10.2 Å². The zero-order valence-electron chi connectivity index (χ0n) is 10.1. The molecule has 19 heavy (non-hydrogen) atoms. The van der Waals surface area contributed by atoms with Crippen molar-refractivity contribution in [1.29, 1.82) is 0 Å². The topological polar surface area (TPSA) is 92.5 Å². The molecule has 2 heterocycles. The van der Waals surface area contributed by atoms with E-state index in [0.29, 0.717) is 25.1 Å². The number of carbonyl (C=O) groups excluding carboxylic acids is 3. The molecule has 102 valence electrons. The molecule has 0 aromatic rings. The Hall–Kier alpha value is -1.66. The molecular formula is C12H14ClN3O3. The summed E-state index contributed by atoms with van der Waals surface area (Å²) < 4.78 is 0. The van der Waals surface area contributed by atoms with Crippen LogP contribution in [0.15, 0.2) is 23.5 Å². The Morgan fingerprint density at radius 1 is 1.37 bits per heavy atom. The number of nitrogens with zero attached hydrogens (tertiary/aromatic N) is 1. The Labute approximate surface area is 116 Å². The number of halogens is 1. The fraction of sp³-hybridized carbons (Fsp3) is 0.417. The van der Waals surface area contributed by atoms with Gasteiger partial charge in [-0.05, 0) is 6.42 Å². The molecule has 2 fully saturated rings. The number of nitrogens with one attached hydrogen (secondary N) is 1. The average molecular weight is 284 g/mol. The molecule has 6 nitrogen and oxygen atoms in total. The third-order valence-electron chi connectivity index (χ3n) is 3.81. The van der Waals surface area contributed by atoms with Gasteiger partial charge in [-0.3, -0.25) is 14.4 Å². The summed E-state index contributed by atoms with van der Waals surface area (Å²) in [4.78, 5) is 36.6. The normalized spacial score (nSPS) is 23.9. The fourth-order valence-electron chi connectivity index (χ4n) is 2.70.